The number of sulfonamides is 1. The lowest BCUT2D eigenvalue weighted by atomic mass is 10.2. The average Bonchev–Trinajstić information content (AvgIpc) is 2.61. The van der Waals surface area contributed by atoms with Gasteiger partial charge in [-0.25, -0.2) is 8.42 Å². The Balaban J connectivity index is 0.00000338. The second-order valence-electron chi connectivity index (χ2n) is 5.54. The topological polar surface area (TPSA) is 92.5 Å². The number of rotatable bonds is 7. The van der Waals surface area contributed by atoms with Crippen molar-refractivity contribution in [3.05, 3.63) is 59.7 Å². The fraction of sp³-hybridized carbons (Fsp3) is 0.278. The Morgan fingerprint density at radius 3 is 2.04 bits per heavy atom. The average molecular weight is 398 g/mol. The highest BCUT2D eigenvalue weighted by Crippen LogP contribution is 2.16. The van der Waals surface area contributed by atoms with E-state index in [1.807, 2.05) is 13.8 Å². The van der Waals surface area contributed by atoms with Crippen LogP contribution in [0.5, 0.6) is 0 Å². The number of nitrogen functional groups attached to an aromatic ring is 1. The molecule has 0 fully saturated rings. The predicted octanol–water partition coefficient (Wildman–Crippen LogP) is 2.65. The van der Waals surface area contributed by atoms with Crippen LogP contribution < -0.4 is 11.1 Å². The highest BCUT2D eigenvalue weighted by Gasteiger charge is 2.21. The zero-order valence-corrected chi connectivity index (χ0v) is 16.4. The third-order valence-electron chi connectivity index (χ3n) is 3.89. The summed E-state index contributed by atoms with van der Waals surface area (Å²) in [5.74, 6) is -0.208. The molecule has 3 N–H and O–H groups in total. The van der Waals surface area contributed by atoms with Crippen LogP contribution in [0.3, 0.4) is 0 Å². The molecule has 142 valence electrons. The summed E-state index contributed by atoms with van der Waals surface area (Å²) in [6.45, 7) is 4.79. The number of carbonyl (C=O) groups is 1. The highest BCUT2D eigenvalue weighted by molar-refractivity contribution is 7.89. The molecule has 0 atom stereocenters. The van der Waals surface area contributed by atoms with E-state index in [4.69, 9.17) is 5.73 Å². The number of hydrogen-bond donors (Lipinski definition) is 2. The molecule has 0 aliphatic carbocycles. The van der Waals surface area contributed by atoms with E-state index in [1.54, 1.807) is 48.5 Å². The van der Waals surface area contributed by atoms with E-state index in [0.717, 1.165) is 5.56 Å². The SMILES string of the molecule is CCN(CC)S(=O)(=O)c1ccc(CNC(=O)c2ccc(N)cc2)cc1.Cl. The summed E-state index contributed by atoms with van der Waals surface area (Å²) in [6, 6.07) is 13.2. The van der Waals surface area contributed by atoms with E-state index >= 15 is 0 Å². The molecule has 0 spiro atoms. The van der Waals surface area contributed by atoms with Crippen molar-refractivity contribution >= 4 is 34.0 Å². The van der Waals surface area contributed by atoms with E-state index in [9.17, 15) is 13.2 Å². The fourth-order valence-electron chi connectivity index (χ4n) is 2.41. The number of nitrogens with zero attached hydrogens (tertiary/aromatic N) is 1. The van der Waals surface area contributed by atoms with Crippen molar-refractivity contribution < 1.29 is 13.2 Å². The molecule has 2 aromatic rings. The number of nitrogens with two attached hydrogens (primary N) is 1. The number of amides is 1. The molecule has 0 saturated heterocycles. The van der Waals surface area contributed by atoms with Gasteiger partial charge in [0.05, 0.1) is 4.90 Å². The Labute approximate surface area is 160 Å². The molecule has 0 aromatic heterocycles. The van der Waals surface area contributed by atoms with Gasteiger partial charge in [-0.2, -0.15) is 4.31 Å². The summed E-state index contributed by atoms with van der Waals surface area (Å²) < 4.78 is 26.3. The van der Waals surface area contributed by atoms with Crippen molar-refractivity contribution in [1.29, 1.82) is 0 Å². The molecular weight excluding hydrogens is 374 g/mol. The number of halogens is 1. The Bertz CT molecular complexity index is 818. The summed E-state index contributed by atoms with van der Waals surface area (Å²) in [5.41, 5.74) is 7.54. The Morgan fingerprint density at radius 2 is 1.54 bits per heavy atom. The first-order chi connectivity index (χ1) is 11.9. The van der Waals surface area contributed by atoms with Crippen molar-refractivity contribution in [3.63, 3.8) is 0 Å². The lowest BCUT2D eigenvalue weighted by Gasteiger charge is -2.18. The van der Waals surface area contributed by atoms with Crippen LogP contribution in [0.2, 0.25) is 0 Å². The van der Waals surface area contributed by atoms with Gasteiger partial charge in [0.1, 0.15) is 0 Å². The van der Waals surface area contributed by atoms with E-state index in [2.05, 4.69) is 5.32 Å². The van der Waals surface area contributed by atoms with Gasteiger partial charge in [0.15, 0.2) is 0 Å². The third kappa shape index (κ3) is 5.20. The molecule has 2 rings (SSSR count). The second-order valence-corrected chi connectivity index (χ2v) is 7.48. The number of anilines is 1. The van der Waals surface area contributed by atoms with E-state index < -0.39 is 10.0 Å². The highest BCUT2D eigenvalue weighted by atomic mass is 35.5. The van der Waals surface area contributed by atoms with E-state index in [-0.39, 0.29) is 23.2 Å². The van der Waals surface area contributed by atoms with Crippen molar-refractivity contribution in [2.45, 2.75) is 25.3 Å². The summed E-state index contributed by atoms with van der Waals surface area (Å²) in [4.78, 5) is 12.3. The lowest BCUT2D eigenvalue weighted by Crippen LogP contribution is -2.30. The van der Waals surface area contributed by atoms with Crippen molar-refractivity contribution in [2.24, 2.45) is 0 Å². The molecule has 1 amide bonds. The molecule has 0 aliphatic rings. The molecule has 0 aliphatic heterocycles. The van der Waals surface area contributed by atoms with Crippen molar-refractivity contribution in [2.75, 3.05) is 18.8 Å². The zero-order chi connectivity index (χ0) is 18.4. The normalized spacial score (nSPS) is 11.0. The minimum Gasteiger partial charge on any atom is -0.399 e. The molecule has 8 heteroatoms. The zero-order valence-electron chi connectivity index (χ0n) is 14.8. The molecule has 2 aromatic carbocycles. The van der Waals surface area contributed by atoms with Crippen LogP contribution in [0, 0.1) is 0 Å². The fourth-order valence-corrected chi connectivity index (χ4v) is 3.87. The van der Waals surface area contributed by atoms with Gasteiger partial charge in [-0.1, -0.05) is 26.0 Å². The molecule has 26 heavy (non-hydrogen) atoms. The molecule has 0 unspecified atom stereocenters. The van der Waals surface area contributed by atoms with Gasteiger partial charge >= 0.3 is 0 Å². The first kappa shape index (κ1) is 22.0. The lowest BCUT2D eigenvalue weighted by molar-refractivity contribution is 0.0951. The van der Waals surface area contributed by atoms with Crippen LogP contribution in [0.1, 0.15) is 29.8 Å². The standard InChI is InChI=1S/C18H23N3O3S.ClH/c1-3-21(4-2)25(23,24)17-11-5-14(6-12-17)13-20-18(22)15-7-9-16(19)10-8-15;/h5-12H,3-4,13,19H2,1-2H3,(H,20,22);1H. The number of carbonyl (C=O) groups excluding carboxylic acids is 1. The first-order valence-corrected chi connectivity index (χ1v) is 9.55. The minimum absolute atomic E-state index is 0. The van der Waals surface area contributed by atoms with Crippen molar-refractivity contribution in [1.82, 2.24) is 9.62 Å². The molecule has 0 radical (unpaired) electrons. The number of nitrogens with one attached hydrogen (secondary N) is 1. The number of benzene rings is 2. The Morgan fingerprint density at radius 1 is 1.00 bits per heavy atom. The van der Waals surface area contributed by atoms with Crippen LogP contribution in [0.15, 0.2) is 53.4 Å². The quantitative estimate of drug-likeness (QED) is 0.702. The monoisotopic (exact) mass is 397 g/mol. The molecular formula is C18H24ClN3O3S. The van der Waals surface area contributed by atoms with Crippen molar-refractivity contribution in [3.8, 4) is 0 Å². The van der Waals surface area contributed by atoms with Gasteiger partial charge in [0.25, 0.3) is 5.91 Å². The maximum Gasteiger partial charge on any atom is 0.251 e. The smallest absolute Gasteiger partial charge is 0.251 e. The predicted molar refractivity (Wildman–Crippen MR) is 106 cm³/mol. The third-order valence-corrected chi connectivity index (χ3v) is 5.96. The Hall–Kier alpha value is -2.09. The summed E-state index contributed by atoms with van der Waals surface area (Å²) in [6.07, 6.45) is 0. The minimum atomic E-state index is -3.46. The summed E-state index contributed by atoms with van der Waals surface area (Å²) >= 11 is 0. The first-order valence-electron chi connectivity index (χ1n) is 8.11. The van der Waals surface area contributed by atoms with Gasteiger partial charge in [-0.15, -0.1) is 12.4 Å². The van der Waals surface area contributed by atoms with Gasteiger partial charge < -0.3 is 11.1 Å². The Kier molecular flexibility index (Phi) is 8.08. The van der Waals surface area contributed by atoms with Crippen LogP contribution >= 0.6 is 12.4 Å². The second kappa shape index (κ2) is 9.56. The van der Waals surface area contributed by atoms with Crippen LogP contribution in [0.4, 0.5) is 5.69 Å². The van der Waals surface area contributed by atoms with Crippen LogP contribution in [0.25, 0.3) is 0 Å². The maximum absolute atomic E-state index is 12.4. The molecule has 6 nitrogen and oxygen atoms in total. The molecule has 0 heterocycles. The maximum atomic E-state index is 12.4. The largest absolute Gasteiger partial charge is 0.399 e. The summed E-state index contributed by atoms with van der Waals surface area (Å²) in [5, 5.41) is 2.80. The van der Waals surface area contributed by atoms with Gasteiger partial charge in [0, 0.05) is 30.9 Å². The van der Waals surface area contributed by atoms with Crippen LogP contribution in [-0.2, 0) is 16.6 Å². The van der Waals surface area contributed by atoms with Crippen LogP contribution in [-0.4, -0.2) is 31.7 Å². The molecule has 0 bridgehead atoms. The van der Waals surface area contributed by atoms with Gasteiger partial charge in [-0.3, -0.25) is 4.79 Å². The number of hydrogen-bond acceptors (Lipinski definition) is 4. The van der Waals surface area contributed by atoms with Gasteiger partial charge in [0.2, 0.25) is 10.0 Å². The van der Waals surface area contributed by atoms with Gasteiger partial charge in [-0.05, 0) is 42.0 Å². The molecule has 0 saturated carbocycles. The van der Waals surface area contributed by atoms with E-state index in [0.29, 0.717) is 30.9 Å². The summed E-state index contributed by atoms with van der Waals surface area (Å²) in [7, 11) is -3.46. The van der Waals surface area contributed by atoms with E-state index in [1.165, 1.54) is 4.31 Å².